The molecule has 0 saturated heterocycles. The summed E-state index contributed by atoms with van der Waals surface area (Å²) in [6.07, 6.45) is 0. The molecule has 1 amide bonds. The summed E-state index contributed by atoms with van der Waals surface area (Å²) in [6.45, 7) is 3.46. The van der Waals surface area contributed by atoms with Crippen LogP contribution in [0.4, 0.5) is 0 Å². The second-order valence-corrected chi connectivity index (χ2v) is 2.30. The molecule has 0 heterocycles. The average Bonchev–Trinajstić information content (AvgIpc) is 2.05. The van der Waals surface area contributed by atoms with Crippen molar-refractivity contribution < 1.29 is 9.63 Å². The minimum absolute atomic E-state index is 0.363. The van der Waals surface area contributed by atoms with Gasteiger partial charge in [0.2, 0.25) is 5.91 Å². The van der Waals surface area contributed by atoms with Crippen molar-refractivity contribution in [1.29, 1.82) is 0 Å². The van der Waals surface area contributed by atoms with Crippen molar-refractivity contribution >= 4 is 5.91 Å². The van der Waals surface area contributed by atoms with Gasteiger partial charge in [0.1, 0.15) is 0 Å². The van der Waals surface area contributed by atoms with Crippen LogP contribution in [0.3, 0.4) is 0 Å². The van der Waals surface area contributed by atoms with Crippen molar-refractivity contribution in [3.8, 4) is 0 Å². The highest BCUT2D eigenvalue weighted by atomic mass is 16.6. The Morgan fingerprint density at radius 1 is 1.42 bits per heavy atom. The standard InChI is InChI=1S/C9H10NO2/c1-8(11)10-12-7-9-5-3-2-4-6-9/h2-6H,1,7H2,(H,10,11). The quantitative estimate of drug-likeness (QED) is 0.678. The molecule has 0 aliphatic carbocycles. The van der Waals surface area contributed by atoms with Crippen molar-refractivity contribution in [1.82, 2.24) is 5.48 Å². The van der Waals surface area contributed by atoms with Gasteiger partial charge in [0.25, 0.3) is 0 Å². The molecule has 0 fully saturated rings. The highest BCUT2D eigenvalue weighted by Crippen LogP contribution is 1.98. The lowest BCUT2D eigenvalue weighted by molar-refractivity contribution is -0.129. The van der Waals surface area contributed by atoms with Crippen LogP contribution in [0.15, 0.2) is 30.3 Å². The third-order valence-corrected chi connectivity index (χ3v) is 1.27. The van der Waals surface area contributed by atoms with Crippen LogP contribution in [-0.2, 0) is 16.2 Å². The topological polar surface area (TPSA) is 38.3 Å². The van der Waals surface area contributed by atoms with E-state index in [1.807, 2.05) is 30.3 Å². The summed E-state index contributed by atoms with van der Waals surface area (Å²) in [4.78, 5) is 15.1. The Bertz CT molecular complexity index is 246. The zero-order valence-corrected chi connectivity index (χ0v) is 6.62. The molecule has 0 atom stereocenters. The molecule has 1 N–H and O–H groups in total. The van der Waals surface area contributed by atoms with Crippen molar-refractivity contribution in [2.24, 2.45) is 0 Å². The van der Waals surface area contributed by atoms with E-state index in [4.69, 9.17) is 4.84 Å². The molecule has 0 bridgehead atoms. The molecule has 1 radical (unpaired) electrons. The van der Waals surface area contributed by atoms with Gasteiger partial charge in [-0.05, 0) is 5.56 Å². The molecule has 12 heavy (non-hydrogen) atoms. The molecule has 0 unspecified atom stereocenters. The van der Waals surface area contributed by atoms with Crippen LogP contribution in [0.25, 0.3) is 0 Å². The van der Waals surface area contributed by atoms with Crippen molar-refractivity contribution in [3.05, 3.63) is 42.8 Å². The van der Waals surface area contributed by atoms with E-state index in [2.05, 4.69) is 12.4 Å². The molecule has 0 aromatic heterocycles. The van der Waals surface area contributed by atoms with Gasteiger partial charge in [-0.1, -0.05) is 30.3 Å². The number of carbonyl (C=O) groups excluding carboxylic acids is 1. The van der Waals surface area contributed by atoms with Gasteiger partial charge in [-0.15, -0.1) is 0 Å². The predicted octanol–water partition coefficient (Wildman–Crippen LogP) is 1.07. The molecule has 0 spiro atoms. The van der Waals surface area contributed by atoms with Crippen LogP contribution in [0.1, 0.15) is 5.56 Å². The van der Waals surface area contributed by atoms with Crippen LogP contribution in [0, 0.1) is 6.92 Å². The Balaban J connectivity index is 2.29. The molecule has 1 rings (SSSR count). The Hall–Kier alpha value is -1.35. The van der Waals surface area contributed by atoms with E-state index < -0.39 is 5.91 Å². The van der Waals surface area contributed by atoms with Gasteiger partial charge < -0.3 is 0 Å². The Kier molecular flexibility index (Phi) is 3.29. The molecule has 1 aromatic rings. The summed E-state index contributed by atoms with van der Waals surface area (Å²) >= 11 is 0. The fourth-order valence-electron chi connectivity index (χ4n) is 0.774. The first kappa shape index (κ1) is 8.74. The number of benzene rings is 1. The van der Waals surface area contributed by atoms with E-state index in [1.165, 1.54) is 0 Å². The molecule has 1 aromatic carbocycles. The van der Waals surface area contributed by atoms with E-state index in [9.17, 15) is 4.79 Å². The number of carbonyl (C=O) groups is 1. The van der Waals surface area contributed by atoms with Crippen LogP contribution in [0.5, 0.6) is 0 Å². The zero-order valence-electron chi connectivity index (χ0n) is 6.62. The lowest BCUT2D eigenvalue weighted by Crippen LogP contribution is -2.20. The SMILES string of the molecule is [CH2]C(=O)NOCc1ccccc1. The maximum absolute atomic E-state index is 10.3. The smallest absolute Gasteiger partial charge is 0.244 e. The minimum Gasteiger partial charge on any atom is -0.273 e. The summed E-state index contributed by atoms with van der Waals surface area (Å²) in [5, 5.41) is 0. The normalized spacial score (nSPS) is 9.42. The largest absolute Gasteiger partial charge is 0.273 e. The van der Waals surface area contributed by atoms with Gasteiger partial charge in [0.15, 0.2) is 0 Å². The molecule has 3 heteroatoms. The second-order valence-electron chi connectivity index (χ2n) is 2.30. The molecular formula is C9H10NO2. The van der Waals surface area contributed by atoms with E-state index in [0.717, 1.165) is 5.56 Å². The first-order valence-electron chi connectivity index (χ1n) is 3.56. The number of amides is 1. The van der Waals surface area contributed by atoms with E-state index in [-0.39, 0.29) is 0 Å². The summed E-state index contributed by atoms with van der Waals surface area (Å²) < 4.78 is 0. The van der Waals surface area contributed by atoms with Crippen molar-refractivity contribution in [2.75, 3.05) is 0 Å². The number of rotatable bonds is 3. The highest BCUT2D eigenvalue weighted by Gasteiger charge is 1.92. The van der Waals surface area contributed by atoms with Crippen LogP contribution in [-0.4, -0.2) is 5.91 Å². The molecular weight excluding hydrogens is 154 g/mol. The summed E-state index contributed by atoms with van der Waals surface area (Å²) in [6, 6.07) is 9.56. The zero-order chi connectivity index (χ0) is 8.81. The van der Waals surface area contributed by atoms with Crippen molar-refractivity contribution in [2.45, 2.75) is 6.61 Å². The van der Waals surface area contributed by atoms with E-state index >= 15 is 0 Å². The maximum Gasteiger partial charge on any atom is 0.244 e. The van der Waals surface area contributed by atoms with Crippen LogP contribution >= 0.6 is 0 Å². The highest BCUT2D eigenvalue weighted by molar-refractivity contribution is 5.78. The summed E-state index contributed by atoms with van der Waals surface area (Å²) in [5.41, 5.74) is 3.15. The fourth-order valence-corrected chi connectivity index (χ4v) is 0.774. The third kappa shape index (κ3) is 3.16. The van der Waals surface area contributed by atoms with Crippen LogP contribution < -0.4 is 5.48 Å². The summed E-state index contributed by atoms with van der Waals surface area (Å²) in [7, 11) is 0. The van der Waals surface area contributed by atoms with Gasteiger partial charge in [-0.3, -0.25) is 9.63 Å². The first-order valence-corrected chi connectivity index (χ1v) is 3.56. The Labute approximate surface area is 71.3 Å². The van der Waals surface area contributed by atoms with Crippen LogP contribution in [0.2, 0.25) is 0 Å². The number of hydroxylamine groups is 1. The van der Waals surface area contributed by atoms with E-state index in [1.54, 1.807) is 0 Å². The van der Waals surface area contributed by atoms with Gasteiger partial charge in [0, 0.05) is 6.92 Å². The lowest BCUT2D eigenvalue weighted by atomic mass is 10.2. The van der Waals surface area contributed by atoms with Crippen molar-refractivity contribution in [3.63, 3.8) is 0 Å². The van der Waals surface area contributed by atoms with Gasteiger partial charge >= 0.3 is 0 Å². The Morgan fingerprint density at radius 3 is 2.67 bits per heavy atom. The summed E-state index contributed by atoms with van der Waals surface area (Å²) in [5.74, 6) is -0.439. The molecule has 3 nitrogen and oxygen atoms in total. The third-order valence-electron chi connectivity index (χ3n) is 1.27. The van der Waals surface area contributed by atoms with Gasteiger partial charge in [-0.25, -0.2) is 5.48 Å². The average molecular weight is 164 g/mol. The second kappa shape index (κ2) is 4.51. The first-order chi connectivity index (χ1) is 5.79. The van der Waals surface area contributed by atoms with Gasteiger partial charge in [0.05, 0.1) is 6.61 Å². The maximum atomic E-state index is 10.3. The molecule has 63 valence electrons. The Morgan fingerprint density at radius 2 is 2.08 bits per heavy atom. The van der Waals surface area contributed by atoms with Gasteiger partial charge in [-0.2, -0.15) is 0 Å². The number of hydrogen-bond donors (Lipinski definition) is 1. The fraction of sp³-hybridized carbons (Fsp3) is 0.111. The molecule has 0 aliphatic rings. The minimum atomic E-state index is -0.439. The monoisotopic (exact) mass is 164 g/mol. The molecule has 0 saturated carbocycles. The predicted molar refractivity (Wildman–Crippen MR) is 44.7 cm³/mol. The number of hydrogen-bond acceptors (Lipinski definition) is 2. The lowest BCUT2D eigenvalue weighted by Gasteiger charge is -2.02. The van der Waals surface area contributed by atoms with E-state index in [0.29, 0.717) is 6.61 Å². The molecule has 0 aliphatic heterocycles. The number of nitrogens with one attached hydrogen (secondary N) is 1.